The summed E-state index contributed by atoms with van der Waals surface area (Å²) in [5, 5.41) is 12.6. The first-order valence-corrected chi connectivity index (χ1v) is 6.39. The Morgan fingerprint density at radius 2 is 2.42 bits per heavy atom. The molecule has 7 heteroatoms. The quantitative estimate of drug-likeness (QED) is 0.842. The van der Waals surface area contributed by atoms with Crippen molar-refractivity contribution < 1.29 is 19.2 Å². The number of hydrogen-bond donors (Lipinski definition) is 1. The molecule has 0 amide bonds. The second-order valence-corrected chi connectivity index (χ2v) is 5.08. The van der Waals surface area contributed by atoms with Crippen LogP contribution in [0.25, 0.3) is 0 Å². The van der Waals surface area contributed by atoms with Crippen molar-refractivity contribution in [3.63, 3.8) is 0 Å². The lowest BCUT2D eigenvalue weighted by molar-refractivity contribution is -0.137. The maximum absolute atomic E-state index is 10.6. The zero-order chi connectivity index (χ0) is 13.8. The van der Waals surface area contributed by atoms with E-state index in [2.05, 4.69) is 15.0 Å². The zero-order valence-electron chi connectivity index (χ0n) is 11.2. The Morgan fingerprint density at radius 3 is 3.11 bits per heavy atom. The number of aliphatic carboxylic acids is 1. The highest BCUT2D eigenvalue weighted by atomic mass is 16.5. The molecule has 2 heterocycles. The zero-order valence-corrected chi connectivity index (χ0v) is 11.2. The summed E-state index contributed by atoms with van der Waals surface area (Å²) < 4.78 is 10.7. The Kier molecular flexibility index (Phi) is 4.49. The van der Waals surface area contributed by atoms with Crippen molar-refractivity contribution in [3.05, 3.63) is 11.7 Å². The fourth-order valence-corrected chi connectivity index (χ4v) is 2.08. The van der Waals surface area contributed by atoms with Gasteiger partial charge in [0.1, 0.15) is 6.10 Å². The number of hydrogen-bond acceptors (Lipinski definition) is 6. The molecule has 0 spiro atoms. The summed E-state index contributed by atoms with van der Waals surface area (Å²) in [7, 11) is 2.02. The Hall–Kier alpha value is -1.47. The number of carboxylic acid groups (broad SMARTS) is 1. The van der Waals surface area contributed by atoms with Gasteiger partial charge in [0.05, 0.1) is 6.61 Å². The lowest BCUT2D eigenvalue weighted by Crippen LogP contribution is -2.35. The lowest BCUT2D eigenvalue weighted by atomic mass is 10.0. The maximum atomic E-state index is 10.6. The first-order valence-electron chi connectivity index (χ1n) is 6.39. The van der Waals surface area contributed by atoms with Crippen molar-refractivity contribution in [1.29, 1.82) is 0 Å². The predicted octanol–water partition coefficient (Wildman–Crippen LogP) is 0.726. The normalized spacial score (nSPS) is 22.3. The Morgan fingerprint density at radius 1 is 1.63 bits per heavy atom. The third-order valence-electron chi connectivity index (χ3n) is 3.09. The lowest BCUT2D eigenvalue weighted by Gasteiger charge is -2.27. The Balaban J connectivity index is 1.93. The largest absolute Gasteiger partial charge is 0.481 e. The molecule has 1 N–H and O–H groups in total. The van der Waals surface area contributed by atoms with Gasteiger partial charge >= 0.3 is 5.97 Å². The molecule has 2 rings (SSSR count). The second-order valence-electron chi connectivity index (χ2n) is 5.08. The third kappa shape index (κ3) is 4.00. The van der Waals surface area contributed by atoms with Gasteiger partial charge in [0.25, 0.3) is 0 Å². The first-order chi connectivity index (χ1) is 9.04. The summed E-state index contributed by atoms with van der Waals surface area (Å²) in [5.74, 6) is 0.176. The molecule has 0 radical (unpaired) electrons. The number of morpholine rings is 1. The van der Waals surface area contributed by atoms with Gasteiger partial charge in [-0.1, -0.05) is 12.1 Å². The molecule has 0 aromatic carbocycles. The molecule has 0 bridgehead atoms. The molecule has 1 saturated heterocycles. The average molecular weight is 269 g/mol. The van der Waals surface area contributed by atoms with Crippen LogP contribution < -0.4 is 0 Å². The molecule has 1 aliphatic rings. The fraction of sp³-hybridized carbons (Fsp3) is 0.750. The van der Waals surface area contributed by atoms with E-state index in [0.29, 0.717) is 24.7 Å². The SMILES string of the molecule is CC(CC(=O)O)Cc1nc(C2CN(C)CCO2)no1. The Labute approximate surface area is 111 Å². The number of rotatable bonds is 5. The average Bonchev–Trinajstić information content (AvgIpc) is 2.76. The van der Waals surface area contributed by atoms with Crippen LogP contribution in [0.4, 0.5) is 0 Å². The van der Waals surface area contributed by atoms with E-state index in [-0.39, 0.29) is 18.4 Å². The molecule has 1 aliphatic heterocycles. The second kappa shape index (κ2) is 6.12. The number of carboxylic acids is 1. The van der Waals surface area contributed by atoms with Gasteiger partial charge in [-0.3, -0.25) is 4.79 Å². The number of ether oxygens (including phenoxy) is 1. The van der Waals surface area contributed by atoms with Crippen LogP contribution in [-0.2, 0) is 16.0 Å². The monoisotopic (exact) mass is 269 g/mol. The summed E-state index contributed by atoms with van der Waals surface area (Å²) >= 11 is 0. The molecule has 1 aromatic rings. The summed E-state index contributed by atoms with van der Waals surface area (Å²) in [6.45, 7) is 4.14. The highest BCUT2D eigenvalue weighted by molar-refractivity contribution is 5.66. The van der Waals surface area contributed by atoms with Crippen LogP contribution in [0.15, 0.2) is 4.52 Å². The van der Waals surface area contributed by atoms with E-state index in [4.69, 9.17) is 14.4 Å². The van der Waals surface area contributed by atoms with E-state index < -0.39 is 5.97 Å². The summed E-state index contributed by atoms with van der Waals surface area (Å²) in [5.41, 5.74) is 0. The smallest absolute Gasteiger partial charge is 0.303 e. The van der Waals surface area contributed by atoms with Gasteiger partial charge < -0.3 is 19.3 Å². The molecule has 7 nitrogen and oxygen atoms in total. The van der Waals surface area contributed by atoms with Crippen LogP contribution in [0.1, 0.15) is 31.2 Å². The molecule has 1 fully saturated rings. The van der Waals surface area contributed by atoms with Crippen molar-refractivity contribution in [2.75, 3.05) is 26.7 Å². The van der Waals surface area contributed by atoms with E-state index in [1.165, 1.54) is 0 Å². The van der Waals surface area contributed by atoms with Crippen LogP contribution in [-0.4, -0.2) is 52.9 Å². The molecule has 2 unspecified atom stereocenters. The minimum Gasteiger partial charge on any atom is -0.481 e. The molecular formula is C12H19N3O4. The number of carbonyl (C=O) groups is 1. The third-order valence-corrected chi connectivity index (χ3v) is 3.09. The fourth-order valence-electron chi connectivity index (χ4n) is 2.08. The topological polar surface area (TPSA) is 88.7 Å². The molecule has 1 aromatic heterocycles. The minimum absolute atomic E-state index is 0.0271. The van der Waals surface area contributed by atoms with Crippen molar-refractivity contribution in [1.82, 2.24) is 15.0 Å². The van der Waals surface area contributed by atoms with Crippen LogP contribution in [0.3, 0.4) is 0 Å². The van der Waals surface area contributed by atoms with Crippen LogP contribution in [0.2, 0.25) is 0 Å². The highest BCUT2D eigenvalue weighted by Crippen LogP contribution is 2.20. The van der Waals surface area contributed by atoms with Crippen molar-refractivity contribution >= 4 is 5.97 Å². The van der Waals surface area contributed by atoms with Crippen LogP contribution in [0, 0.1) is 5.92 Å². The Bertz CT molecular complexity index is 434. The molecular weight excluding hydrogens is 250 g/mol. The minimum atomic E-state index is -0.815. The highest BCUT2D eigenvalue weighted by Gasteiger charge is 2.24. The molecule has 2 atom stereocenters. The van der Waals surface area contributed by atoms with Crippen LogP contribution in [0.5, 0.6) is 0 Å². The first kappa shape index (κ1) is 14.0. The van der Waals surface area contributed by atoms with Gasteiger partial charge in [0, 0.05) is 25.9 Å². The molecule has 0 saturated carbocycles. The van der Waals surface area contributed by atoms with Crippen molar-refractivity contribution in [2.45, 2.75) is 25.9 Å². The van der Waals surface area contributed by atoms with Gasteiger partial charge in [-0.2, -0.15) is 4.98 Å². The summed E-state index contributed by atoms with van der Waals surface area (Å²) in [6.07, 6.45) is 0.411. The van der Waals surface area contributed by atoms with Gasteiger partial charge in [-0.05, 0) is 13.0 Å². The standard InChI is InChI=1S/C12H19N3O4/c1-8(6-11(16)17)5-10-13-12(14-19-10)9-7-15(2)3-4-18-9/h8-9H,3-7H2,1-2H3,(H,16,17). The molecule has 19 heavy (non-hydrogen) atoms. The summed E-state index contributed by atoms with van der Waals surface area (Å²) in [6, 6.07) is 0. The van der Waals surface area contributed by atoms with E-state index in [1.807, 2.05) is 14.0 Å². The van der Waals surface area contributed by atoms with E-state index in [9.17, 15) is 4.79 Å². The van der Waals surface area contributed by atoms with E-state index >= 15 is 0 Å². The maximum Gasteiger partial charge on any atom is 0.303 e. The van der Waals surface area contributed by atoms with Gasteiger partial charge in [0.2, 0.25) is 11.7 Å². The van der Waals surface area contributed by atoms with Crippen molar-refractivity contribution in [3.8, 4) is 0 Å². The van der Waals surface area contributed by atoms with Crippen LogP contribution >= 0.6 is 0 Å². The van der Waals surface area contributed by atoms with E-state index in [0.717, 1.165) is 13.1 Å². The van der Waals surface area contributed by atoms with E-state index in [1.54, 1.807) is 0 Å². The van der Waals surface area contributed by atoms with Crippen molar-refractivity contribution in [2.24, 2.45) is 5.92 Å². The molecule has 106 valence electrons. The number of likely N-dealkylation sites (N-methyl/N-ethyl adjacent to an activating group) is 1. The summed E-state index contributed by atoms with van der Waals surface area (Å²) in [4.78, 5) is 17.0. The van der Waals surface area contributed by atoms with Gasteiger partial charge in [-0.25, -0.2) is 0 Å². The number of nitrogens with zero attached hydrogens (tertiary/aromatic N) is 3. The van der Waals surface area contributed by atoms with Gasteiger partial charge in [-0.15, -0.1) is 0 Å². The van der Waals surface area contributed by atoms with Gasteiger partial charge in [0.15, 0.2) is 0 Å². The molecule has 0 aliphatic carbocycles. The number of aromatic nitrogens is 2. The predicted molar refractivity (Wildman–Crippen MR) is 65.6 cm³/mol.